The van der Waals surface area contributed by atoms with Crippen molar-refractivity contribution < 1.29 is 9.53 Å². The summed E-state index contributed by atoms with van der Waals surface area (Å²) in [6.07, 6.45) is 11.2. The maximum atomic E-state index is 11.4. The molecule has 0 aromatic carbocycles. The van der Waals surface area contributed by atoms with Gasteiger partial charge < -0.3 is 15.8 Å². The second-order valence-electron chi connectivity index (χ2n) is 6.66. The van der Waals surface area contributed by atoms with Crippen LogP contribution < -0.4 is 11.1 Å². The van der Waals surface area contributed by atoms with Gasteiger partial charge in [0.15, 0.2) is 0 Å². The molecule has 0 aromatic rings. The lowest BCUT2D eigenvalue weighted by Crippen LogP contribution is -2.48. The van der Waals surface area contributed by atoms with Crippen LogP contribution in [0.2, 0.25) is 0 Å². The van der Waals surface area contributed by atoms with Crippen molar-refractivity contribution in [3.63, 3.8) is 0 Å². The summed E-state index contributed by atoms with van der Waals surface area (Å²) in [5.74, 6) is 0.0511. The molecule has 2 rings (SSSR count). The van der Waals surface area contributed by atoms with Crippen molar-refractivity contribution in [1.29, 1.82) is 0 Å². The molecule has 0 radical (unpaired) electrons. The lowest BCUT2D eigenvalue weighted by Gasteiger charge is -2.39. The van der Waals surface area contributed by atoms with E-state index in [1.165, 1.54) is 44.9 Å². The topological polar surface area (TPSA) is 67.6 Å². The Labute approximate surface area is 134 Å². The maximum Gasteiger partial charge on any atom is 0.221 e. The van der Waals surface area contributed by atoms with E-state index in [4.69, 9.17) is 10.5 Å². The van der Waals surface area contributed by atoms with Gasteiger partial charge in [0.05, 0.1) is 12.7 Å². The van der Waals surface area contributed by atoms with Crippen molar-refractivity contribution in [2.75, 3.05) is 32.8 Å². The standard InChI is InChI=1S/C17H33N3O2/c18-10-8-17(21)19-11-9-16-14-20(12-13-22-16)15-6-4-2-1-3-5-7-15/h15-16H,1-14,18H2,(H,19,21)/t16-/m0/s1. The molecule has 1 amide bonds. The second kappa shape index (κ2) is 10.2. The third-order valence-electron chi connectivity index (χ3n) is 4.92. The molecule has 0 spiro atoms. The molecule has 22 heavy (non-hydrogen) atoms. The molecule has 1 aliphatic carbocycles. The normalized spacial score (nSPS) is 25.4. The number of hydrogen-bond acceptors (Lipinski definition) is 4. The maximum absolute atomic E-state index is 11.4. The van der Waals surface area contributed by atoms with E-state index in [0.29, 0.717) is 19.5 Å². The Kier molecular flexibility index (Phi) is 8.20. The van der Waals surface area contributed by atoms with Crippen LogP contribution in [0.25, 0.3) is 0 Å². The molecule has 0 unspecified atom stereocenters. The first-order valence-electron chi connectivity index (χ1n) is 9.12. The molecule has 5 heteroatoms. The molecule has 1 saturated heterocycles. The van der Waals surface area contributed by atoms with Gasteiger partial charge in [0.25, 0.3) is 0 Å². The predicted molar refractivity (Wildman–Crippen MR) is 88.7 cm³/mol. The Hall–Kier alpha value is -0.650. The van der Waals surface area contributed by atoms with Crippen LogP contribution in [0.3, 0.4) is 0 Å². The van der Waals surface area contributed by atoms with Gasteiger partial charge >= 0.3 is 0 Å². The molecule has 2 fully saturated rings. The first-order valence-corrected chi connectivity index (χ1v) is 9.12. The Morgan fingerprint density at radius 3 is 2.64 bits per heavy atom. The smallest absolute Gasteiger partial charge is 0.221 e. The highest BCUT2D eigenvalue weighted by molar-refractivity contribution is 5.75. The second-order valence-corrected chi connectivity index (χ2v) is 6.66. The molecular formula is C17H33N3O2. The third-order valence-corrected chi connectivity index (χ3v) is 4.92. The van der Waals surface area contributed by atoms with Crippen LogP contribution in [0.15, 0.2) is 0 Å². The monoisotopic (exact) mass is 311 g/mol. The van der Waals surface area contributed by atoms with Crippen molar-refractivity contribution in [2.45, 2.75) is 69.9 Å². The van der Waals surface area contributed by atoms with Gasteiger partial charge in [-0.05, 0) is 19.3 Å². The van der Waals surface area contributed by atoms with Gasteiger partial charge in [-0.15, -0.1) is 0 Å². The molecular weight excluding hydrogens is 278 g/mol. The number of nitrogens with zero attached hydrogens (tertiary/aromatic N) is 1. The number of morpholine rings is 1. The summed E-state index contributed by atoms with van der Waals surface area (Å²) in [6.45, 7) is 4.04. The highest BCUT2D eigenvalue weighted by Crippen LogP contribution is 2.23. The summed E-state index contributed by atoms with van der Waals surface area (Å²) in [7, 11) is 0. The Bertz CT molecular complexity index is 317. The Morgan fingerprint density at radius 2 is 1.91 bits per heavy atom. The zero-order valence-corrected chi connectivity index (χ0v) is 13.9. The van der Waals surface area contributed by atoms with Gasteiger partial charge in [0.1, 0.15) is 0 Å². The van der Waals surface area contributed by atoms with E-state index in [9.17, 15) is 4.79 Å². The lowest BCUT2D eigenvalue weighted by molar-refractivity contribution is -0.121. The highest BCUT2D eigenvalue weighted by Gasteiger charge is 2.26. The first-order chi connectivity index (χ1) is 10.8. The minimum atomic E-state index is 0.0511. The highest BCUT2D eigenvalue weighted by atomic mass is 16.5. The fraction of sp³-hybridized carbons (Fsp3) is 0.941. The first kappa shape index (κ1) is 17.7. The summed E-state index contributed by atoms with van der Waals surface area (Å²) >= 11 is 0. The van der Waals surface area contributed by atoms with E-state index in [-0.39, 0.29) is 12.0 Å². The average Bonchev–Trinajstić information content (AvgIpc) is 2.47. The van der Waals surface area contributed by atoms with Crippen LogP contribution in [0, 0.1) is 0 Å². The van der Waals surface area contributed by atoms with Crippen LogP contribution in [-0.4, -0.2) is 55.7 Å². The zero-order chi connectivity index (χ0) is 15.6. The largest absolute Gasteiger partial charge is 0.375 e. The number of carbonyl (C=O) groups is 1. The number of hydrogen-bond donors (Lipinski definition) is 2. The van der Waals surface area contributed by atoms with E-state index in [0.717, 1.165) is 32.2 Å². The van der Waals surface area contributed by atoms with E-state index < -0.39 is 0 Å². The molecule has 2 aliphatic rings. The summed E-state index contributed by atoms with van der Waals surface area (Å²) in [6, 6.07) is 0.749. The quantitative estimate of drug-likeness (QED) is 0.783. The number of ether oxygens (including phenoxy) is 1. The van der Waals surface area contributed by atoms with Crippen LogP contribution in [-0.2, 0) is 9.53 Å². The van der Waals surface area contributed by atoms with E-state index in [1.807, 2.05) is 0 Å². The number of amides is 1. The van der Waals surface area contributed by atoms with Crippen molar-refractivity contribution in [1.82, 2.24) is 10.2 Å². The molecule has 128 valence electrons. The third kappa shape index (κ3) is 6.23. The zero-order valence-electron chi connectivity index (χ0n) is 13.9. The Morgan fingerprint density at radius 1 is 1.18 bits per heavy atom. The predicted octanol–water partition coefficient (Wildman–Crippen LogP) is 1.66. The molecule has 0 bridgehead atoms. The van der Waals surface area contributed by atoms with Crippen LogP contribution in [0.5, 0.6) is 0 Å². The molecule has 1 heterocycles. The number of nitrogens with two attached hydrogens (primary N) is 1. The Balaban J connectivity index is 1.70. The molecule has 1 atom stereocenters. The van der Waals surface area contributed by atoms with Crippen molar-refractivity contribution in [3.05, 3.63) is 0 Å². The molecule has 3 N–H and O–H groups in total. The van der Waals surface area contributed by atoms with Gasteiger partial charge in [-0.2, -0.15) is 0 Å². The van der Waals surface area contributed by atoms with Crippen molar-refractivity contribution >= 4 is 5.91 Å². The fourth-order valence-corrected chi connectivity index (χ4v) is 3.64. The summed E-state index contributed by atoms with van der Waals surface area (Å²) in [4.78, 5) is 14.1. The van der Waals surface area contributed by atoms with Gasteiger partial charge in [0, 0.05) is 38.6 Å². The number of rotatable bonds is 6. The fourth-order valence-electron chi connectivity index (χ4n) is 3.64. The van der Waals surface area contributed by atoms with E-state index in [2.05, 4.69) is 10.2 Å². The van der Waals surface area contributed by atoms with Gasteiger partial charge in [-0.1, -0.05) is 32.1 Å². The van der Waals surface area contributed by atoms with Gasteiger partial charge in [-0.25, -0.2) is 0 Å². The molecule has 1 aliphatic heterocycles. The van der Waals surface area contributed by atoms with Crippen molar-refractivity contribution in [2.24, 2.45) is 5.73 Å². The molecule has 1 saturated carbocycles. The van der Waals surface area contributed by atoms with E-state index >= 15 is 0 Å². The summed E-state index contributed by atoms with van der Waals surface area (Å²) < 4.78 is 5.88. The van der Waals surface area contributed by atoms with Crippen molar-refractivity contribution in [3.8, 4) is 0 Å². The SMILES string of the molecule is NCCC(=O)NCC[C@H]1CN(C2CCCCCCC2)CCO1. The van der Waals surface area contributed by atoms with Gasteiger partial charge in [0.2, 0.25) is 5.91 Å². The number of nitrogens with one attached hydrogen (secondary N) is 1. The van der Waals surface area contributed by atoms with Crippen LogP contribution >= 0.6 is 0 Å². The molecule has 5 nitrogen and oxygen atoms in total. The lowest BCUT2D eigenvalue weighted by atomic mass is 9.95. The molecule has 0 aromatic heterocycles. The van der Waals surface area contributed by atoms with E-state index in [1.54, 1.807) is 0 Å². The average molecular weight is 311 g/mol. The minimum Gasteiger partial charge on any atom is -0.375 e. The van der Waals surface area contributed by atoms with Gasteiger partial charge in [-0.3, -0.25) is 9.69 Å². The van der Waals surface area contributed by atoms with Crippen LogP contribution in [0.1, 0.15) is 57.8 Å². The summed E-state index contributed by atoms with van der Waals surface area (Å²) in [5.41, 5.74) is 5.38. The number of carbonyl (C=O) groups excluding carboxylic acids is 1. The van der Waals surface area contributed by atoms with Crippen LogP contribution in [0.4, 0.5) is 0 Å². The minimum absolute atomic E-state index is 0.0511. The summed E-state index contributed by atoms with van der Waals surface area (Å²) in [5, 5.41) is 2.93.